The number of carbonyl (C=O) groups is 1. The molecule has 0 bridgehead atoms. The van der Waals surface area contributed by atoms with Crippen molar-refractivity contribution in [3.8, 4) is 0 Å². The number of aryl methyl sites for hydroxylation is 2. The summed E-state index contributed by atoms with van der Waals surface area (Å²) in [4.78, 5) is 12.0. The number of rotatable bonds is 9. The Kier molecular flexibility index (Phi) is 7.43. The van der Waals surface area contributed by atoms with Crippen LogP contribution in [-0.2, 0) is 18.3 Å². The van der Waals surface area contributed by atoms with Gasteiger partial charge < -0.3 is 10.4 Å². The highest BCUT2D eigenvalue weighted by Crippen LogP contribution is 2.14. The summed E-state index contributed by atoms with van der Waals surface area (Å²) in [6, 6.07) is 0. The second kappa shape index (κ2) is 8.82. The maximum Gasteiger partial charge on any atom is 0.220 e. The minimum absolute atomic E-state index is 0.0803. The van der Waals surface area contributed by atoms with Gasteiger partial charge in [0, 0.05) is 32.3 Å². The van der Waals surface area contributed by atoms with E-state index in [4.69, 9.17) is 5.11 Å². The molecule has 1 aromatic heterocycles. The van der Waals surface area contributed by atoms with Crippen molar-refractivity contribution in [1.29, 1.82) is 0 Å². The van der Waals surface area contributed by atoms with Gasteiger partial charge in [0.05, 0.1) is 5.69 Å². The van der Waals surface area contributed by atoms with Crippen LogP contribution in [0.25, 0.3) is 0 Å². The number of nitrogens with zero attached hydrogens (tertiary/aromatic N) is 2. The van der Waals surface area contributed by atoms with Crippen LogP contribution in [0.15, 0.2) is 0 Å². The first kappa shape index (κ1) is 17.7. The summed E-state index contributed by atoms with van der Waals surface area (Å²) < 4.78 is 1.86. The van der Waals surface area contributed by atoms with Crippen LogP contribution >= 0.6 is 0 Å². The molecule has 1 atom stereocenters. The second-order valence-corrected chi connectivity index (χ2v) is 5.74. The van der Waals surface area contributed by atoms with E-state index in [-0.39, 0.29) is 12.5 Å². The van der Waals surface area contributed by atoms with E-state index >= 15 is 0 Å². The minimum atomic E-state index is 0.0803. The van der Waals surface area contributed by atoms with Crippen LogP contribution in [0.1, 0.15) is 49.6 Å². The van der Waals surface area contributed by atoms with Crippen molar-refractivity contribution in [3.63, 3.8) is 0 Å². The summed E-state index contributed by atoms with van der Waals surface area (Å²) in [5, 5.41) is 16.4. The van der Waals surface area contributed by atoms with Gasteiger partial charge in [0.2, 0.25) is 5.91 Å². The van der Waals surface area contributed by atoms with Crippen LogP contribution < -0.4 is 5.32 Å². The van der Waals surface area contributed by atoms with Crippen LogP contribution in [0, 0.1) is 19.8 Å². The number of amides is 1. The third-order valence-electron chi connectivity index (χ3n) is 4.08. The number of aromatic nitrogens is 2. The van der Waals surface area contributed by atoms with E-state index in [9.17, 15) is 4.79 Å². The minimum Gasteiger partial charge on any atom is -0.396 e. The molecule has 0 spiro atoms. The molecular formula is C16H29N3O2. The Morgan fingerprint density at radius 1 is 1.38 bits per heavy atom. The summed E-state index contributed by atoms with van der Waals surface area (Å²) in [5.41, 5.74) is 3.31. The summed E-state index contributed by atoms with van der Waals surface area (Å²) in [7, 11) is 1.93. The zero-order valence-corrected chi connectivity index (χ0v) is 13.8. The number of carbonyl (C=O) groups excluding carboxylic acids is 1. The van der Waals surface area contributed by atoms with Crippen LogP contribution in [0.4, 0.5) is 0 Å². The fraction of sp³-hybridized carbons (Fsp3) is 0.750. The molecule has 1 aromatic rings. The fourth-order valence-electron chi connectivity index (χ4n) is 2.70. The monoisotopic (exact) mass is 295 g/mol. The highest BCUT2D eigenvalue weighted by atomic mass is 16.3. The number of aliphatic hydroxyl groups is 1. The fourth-order valence-corrected chi connectivity index (χ4v) is 2.70. The molecular weight excluding hydrogens is 266 g/mol. The molecule has 1 amide bonds. The predicted octanol–water partition coefficient (Wildman–Crippen LogP) is 1.88. The van der Waals surface area contributed by atoms with E-state index in [0.717, 1.165) is 37.1 Å². The highest BCUT2D eigenvalue weighted by Gasteiger charge is 2.13. The number of hydrogen-bond acceptors (Lipinski definition) is 3. The Morgan fingerprint density at radius 3 is 2.62 bits per heavy atom. The molecule has 0 aliphatic rings. The molecule has 2 N–H and O–H groups in total. The molecule has 0 fully saturated rings. The smallest absolute Gasteiger partial charge is 0.220 e. The number of hydrogen-bond donors (Lipinski definition) is 2. The first-order valence-corrected chi connectivity index (χ1v) is 7.86. The van der Waals surface area contributed by atoms with Gasteiger partial charge in [0.1, 0.15) is 0 Å². The molecule has 1 rings (SSSR count). The van der Waals surface area contributed by atoms with Gasteiger partial charge in [-0.2, -0.15) is 5.10 Å². The SMILES string of the molecule is CCCC(CCO)CNC(=O)CCc1c(C)nn(C)c1C. The average molecular weight is 295 g/mol. The lowest BCUT2D eigenvalue weighted by Gasteiger charge is -2.15. The zero-order valence-electron chi connectivity index (χ0n) is 13.8. The molecule has 1 heterocycles. The first-order chi connectivity index (χ1) is 9.99. The average Bonchev–Trinajstić information content (AvgIpc) is 2.68. The topological polar surface area (TPSA) is 67.2 Å². The molecule has 5 heteroatoms. The predicted molar refractivity (Wildman–Crippen MR) is 84.1 cm³/mol. The van der Waals surface area contributed by atoms with Gasteiger partial charge in [-0.25, -0.2) is 0 Å². The normalized spacial score (nSPS) is 12.4. The lowest BCUT2D eigenvalue weighted by molar-refractivity contribution is -0.121. The lowest BCUT2D eigenvalue weighted by Crippen LogP contribution is -2.30. The van der Waals surface area contributed by atoms with E-state index in [2.05, 4.69) is 17.3 Å². The Balaban J connectivity index is 2.40. The Morgan fingerprint density at radius 2 is 2.10 bits per heavy atom. The third-order valence-corrected chi connectivity index (χ3v) is 4.08. The van der Waals surface area contributed by atoms with E-state index in [1.165, 1.54) is 5.56 Å². The van der Waals surface area contributed by atoms with Crippen molar-refractivity contribution in [3.05, 3.63) is 17.0 Å². The van der Waals surface area contributed by atoms with Gasteiger partial charge in [0.15, 0.2) is 0 Å². The molecule has 0 saturated carbocycles. The second-order valence-electron chi connectivity index (χ2n) is 5.74. The first-order valence-electron chi connectivity index (χ1n) is 7.86. The standard InChI is InChI=1S/C16H29N3O2/c1-5-6-14(9-10-20)11-17-16(21)8-7-15-12(2)18-19(4)13(15)3/h14,20H,5-11H2,1-4H3,(H,17,21). The largest absolute Gasteiger partial charge is 0.396 e. The number of aliphatic hydroxyl groups excluding tert-OH is 1. The van der Waals surface area contributed by atoms with Crippen LogP contribution in [0.3, 0.4) is 0 Å². The zero-order chi connectivity index (χ0) is 15.8. The van der Waals surface area contributed by atoms with Gasteiger partial charge >= 0.3 is 0 Å². The molecule has 5 nitrogen and oxygen atoms in total. The Bertz CT molecular complexity index is 449. The molecule has 21 heavy (non-hydrogen) atoms. The Labute approximate surface area is 127 Å². The van der Waals surface area contributed by atoms with Gasteiger partial charge in [-0.3, -0.25) is 9.48 Å². The van der Waals surface area contributed by atoms with Crippen molar-refractivity contribution in [2.24, 2.45) is 13.0 Å². The van der Waals surface area contributed by atoms with Gasteiger partial charge in [-0.05, 0) is 44.6 Å². The summed E-state index contributed by atoms with van der Waals surface area (Å²) in [6.45, 7) is 7.00. The van der Waals surface area contributed by atoms with Crippen molar-refractivity contribution < 1.29 is 9.90 Å². The maximum atomic E-state index is 12.0. The van der Waals surface area contributed by atoms with Gasteiger partial charge in [-0.1, -0.05) is 13.3 Å². The van der Waals surface area contributed by atoms with E-state index in [1.54, 1.807) is 0 Å². The summed E-state index contributed by atoms with van der Waals surface area (Å²) in [5.74, 6) is 0.461. The van der Waals surface area contributed by atoms with Crippen molar-refractivity contribution in [1.82, 2.24) is 15.1 Å². The van der Waals surface area contributed by atoms with E-state index in [1.807, 2.05) is 25.6 Å². The van der Waals surface area contributed by atoms with Crippen LogP contribution in [0.5, 0.6) is 0 Å². The molecule has 120 valence electrons. The van der Waals surface area contributed by atoms with Gasteiger partial charge in [0.25, 0.3) is 0 Å². The maximum absolute atomic E-state index is 12.0. The molecule has 1 unspecified atom stereocenters. The van der Waals surface area contributed by atoms with Crippen molar-refractivity contribution >= 4 is 5.91 Å². The lowest BCUT2D eigenvalue weighted by atomic mass is 10.00. The molecule has 0 aliphatic heterocycles. The van der Waals surface area contributed by atoms with E-state index < -0.39 is 0 Å². The van der Waals surface area contributed by atoms with Crippen LogP contribution in [0.2, 0.25) is 0 Å². The molecule has 0 aliphatic carbocycles. The van der Waals surface area contributed by atoms with Gasteiger partial charge in [-0.15, -0.1) is 0 Å². The molecule has 0 aromatic carbocycles. The quantitative estimate of drug-likeness (QED) is 0.731. The summed E-state index contributed by atoms with van der Waals surface area (Å²) >= 11 is 0. The number of nitrogens with one attached hydrogen (secondary N) is 1. The Hall–Kier alpha value is -1.36. The third kappa shape index (κ3) is 5.50. The van der Waals surface area contributed by atoms with E-state index in [0.29, 0.717) is 18.9 Å². The summed E-state index contributed by atoms with van der Waals surface area (Å²) in [6.07, 6.45) is 4.10. The molecule has 0 saturated heterocycles. The van der Waals surface area contributed by atoms with Crippen molar-refractivity contribution in [2.75, 3.05) is 13.2 Å². The van der Waals surface area contributed by atoms with Crippen LogP contribution in [-0.4, -0.2) is 33.9 Å². The highest BCUT2D eigenvalue weighted by molar-refractivity contribution is 5.76. The molecule has 0 radical (unpaired) electrons. The van der Waals surface area contributed by atoms with Crippen molar-refractivity contribution in [2.45, 2.75) is 52.9 Å².